The summed E-state index contributed by atoms with van der Waals surface area (Å²) in [5.41, 5.74) is 0.999. The van der Waals surface area contributed by atoms with Crippen molar-refractivity contribution in [3.63, 3.8) is 0 Å². The Morgan fingerprint density at radius 2 is 1.83 bits per heavy atom. The van der Waals surface area contributed by atoms with Crippen LogP contribution in [0.2, 0.25) is 0 Å². The number of amides is 1. The van der Waals surface area contributed by atoms with Crippen LogP contribution >= 0.6 is 0 Å². The molecule has 0 aliphatic rings. The molecule has 0 aliphatic carbocycles. The summed E-state index contributed by atoms with van der Waals surface area (Å²) in [5.74, 6) is -0.755. The lowest BCUT2D eigenvalue weighted by molar-refractivity contribution is -0.142. The average Bonchev–Trinajstić information content (AvgIpc) is 2.71. The largest absolute Gasteiger partial charge is 0.480 e. The molecule has 0 aromatic heterocycles. The number of unbranched alkanes of at least 4 members (excludes halogenated alkanes) is 1. The van der Waals surface area contributed by atoms with Gasteiger partial charge in [-0.1, -0.05) is 55.8 Å². The van der Waals surface area contributed by atoms with Crippen molar-refractivity contribution in [1.82, 2.24) is 4.90 Å². The number of aliphatic carboxylic acids is 1. The first kappa shape index (κ1) is 26.3. The SMILES string of the molecule is C=CCN(C/C=C/C(=O)Cc1ccccc1)C(=O)CCCC.CCOCC(=O)O. The Balaban J connectivity index is 0.000000956. The van der Waals surface area contributed by atoms with Crippen LogP contribution in [0.3, 0.4) is 0 Å². The molecular weight excluding hydrogens is 370 g/mol. The Hall–Kier alpha value is -2.73. The molecule has 0 aliphatic heterocycles. The van der Waals surface area contributed by atoms with Crippen molar-refractivity contribution in [3.8, 4) is 0 Å². The van der Waals surface area contributed by atoms with Gasteiger partial charge in [-0.2, -0.15) is 0 Å². The third-order valence-corrected chi connectivity index (χ3v) is 3.73. The Labute approximate surface area is 173 Å². The molecule has 1 aromatic rings. The monoisotopic (exact) mass is 403 g/mol. The number of nitrogens with zero attached hydrogens (tertiary/aromatic N) is 1. The van der Waals surface area contributed by atoms with E-state index in [1.807, 2.05) is 30.3 Å². The lowest BCUT2D eigenvalue weighted by atomic mass is 10.1. The molecule has 0 spiro atoms. The molecule has 0 atom stereocenters. The molecule has 0 fully saturated rings. The van der Waals surface area contributed by atoms with Crippen LogP contribution in [0.4, 0.5) is 0 Å². The molecule has 0 heterocycles. The van der Waals surface area contributed by atoms with E-state index in [4.69, 9.17) is 5.11 Å². The van der Waals surface area contributed by atoms with Gasteiger partial charge in [0.1, 0.15) is 6.61 Å². The first-order valence-corrected chi connectivity index (χ1v) is 9.86. The molecule has 1 aromatic carbocycles. The predicted molar refractivity (Wildman–Crippen MR) is 115 cm³/mol. The van der Waals surface area contributed by atoms with E-state index in [-0.39, 0.29) is 18.3 Å². The highest BCUT2D eigenvalue weighted by atomic mass is 16.5. The van der Waals surface area contributed by atoms with Gasteiger partial charge in [0.25, 0.3) is 0 Å². The van der Waals surface area contributed by atoms with Gasteiger partial charge in [-0.3, -0.25) is 9.59 Å². The smallest absolute Gasteiger partial charge is 0.329 e. The topological polar surface area (TPSA) is 83.9 Å². The van der Waals surface area contributed by atoms with Crippen LogP contribution in [-0.4, -0.2) is 54.0 Å². The van der Waals surface area contributed by atoms with Crippen LogP contribution < -0.4 is 0 Å². The predicted octanol–water partition coefficient (Wildman–Crippen LogP) is 3.67. The molecule has 0 unspecified atom stereocenters. The Morgan fingerprint density at radius 3 is 2.34 bits per heavy atom. The van der Waals surface area contributed by atoms with Gasteiger partial charge in [0.15, 0.2) is 5.78 Å². The number of benzene rings is 1. The number of carbonyl (C=O) groups excluding carboxylic acids is 2. The number of carboxylic acid groups (broad SMARTS) is 1. The lowest BCUT2D eigenvalue weighted by Crippen LogP contribution is -2.31. The highest BCUT2D eigenvalue weighted by molar-refractivity contribution is 5.91. The Morgan fingerprint density at radius 1 is 1.14 bits per heavy atom. The van der Waals surface area contributed by atoms with E-state index < -0.39 is 5.97 Å². The summed E-state index contributed by atoms with van der Waals surface area (Å²) in [7, 11) is 0. The maximum atomic E-state index is 12.0. The van der Waals surface area contributed by atoms with E-state index in [2.05, 4.69) is 18.2 Å². The van der Waals surface area contributed by atoms with E-state index in [9.17, 15) is 14.4 Å². The quantitative estimate of drug-likeness (QED) is 0.401. The first-order chi connectivity index (χ1) is 13.9. The highest BCUT2D eigenvalue weighted by Crippen LogP contribution is 2.03. The standard InChI is InChI=1S/C19H25NO2.C4H8O3/c1-3-5-13-19(22)20(14-4-2)15-9-12-18(21)16-17-10-7-6-8-11-17;1-2-7-3-4(5)6/h4,6-12H,2-3,5,13-16H2,1H3;2-3H2,1H3,(H,5,6)/b12-9+;. The van der Waals surface area contributed by atoms with Gasteiger partial charge >= 0.3 is 5.97 Å². The zero-order valence-electron chi connectivity index (χ0n) is 17.5. The second-order valence-corrected chi connectivity index (χ2v) is 6.25. The molecule has 6 heteroatoms. The van der Waals surface area contributed by atoms with E-state index in [0.717, 1.165) is 18.4 Å². The minimum Gasteiger partial charge on any atom is -0.480 e. The molecule has 0 saturated carbocycles. The van der Waals surface area contributed by atoms with Gasteiger partial charge < -0.3 is 14.7 Å². The third-order valence-electron chi connectivity index (χ3n) is 3.73. The van der Waals surface area contributed by atoms with Crippen LogP contribution in [-0.2, 0) is 25.5 Å². The molecule has 29 heavy (non-hydrogen) atoms. The van der Waals surface area contributed by atoms with Gasteiger partial charge in [0, 0.05) is 32.5 Å². The van der Waals surface area contributed by atoms with E-state index in [1.54, 1.807) is 30.1 Å². The fourth-order valence-corrected chi connectivity index (χ4v) is 2.28. The minimum absolute atomic E-state index is 0.0470. The van der Waals surface area contributed by atoms with E-state index >= 15 is 0 Å². The molecule has 0 saturated heterocycles. The summed E-state index contributed by atoms with van der Waals surface area (Å²) in [6.45, 7) is 8.74. The normalized spacial score (nSPS) is 10.1. The summed E-state index contributed by atoms with van der Waals surface area (Å²) < 4.78 is 4.50. The van der Waals surface area contributed by atoms with Crippen LogP contribution in [0.15, 0.2) is 55.1 Å². The average molecular weight is 404 g/mol. The van der Waals surface area contributed by atoms with Crippen molar-refractivity contribution in [2.45, 2.75) is 39.5 Å². The van der Waals surface area contributed by atoms with Crippen molar-refractivity contribution in [2.75, 3.05) is 26.3 Å². The number of allylic oxidation sites excluding steroid dienone is 1. The fraction of sp³-hybridized carbons (Fsp3) is 0.435. The lowest BCUT2D eigenvalue weighted by Gasteiger charge is -2.19. The van der Waals surface area contributed by atoms with E-state index in [0.29, 0.717) is 32.5 Å². The first-order valence-electron chi connectivity index (χ1n) is 9.86. The number of ether oxygens (including phenoxy) is 1. The van der Waals surface area contributed by atoms with Gasteiger partial charge in [0.2, 0.25) is 5.91 Å². The minimum atomic E-state index is -0.915. The van der Waals surface area contributed by atoms with Crippen molar-refractivity contribution < 1.29 is 24.2 Å². The maximum Gasteiger partial charge on any atom is 0.329 e. The zero-order valence-corrected chi connectivity index (χ0v) is 17.5. The summed E-state index contributed by atoms with van der Waals surface area (Å²) in [5, 5.41) is 7.92. The number of rotatable bonds is 13. The molecule has 1 rings (SSSR count). The number of hydrogen-bond donors (Lipinski definition) is 1. The number of carbonyl (C=O) groups is 3. The zero-order chi connectivity index (χ0) is 21.9. The second kappa shape index (κ2) is 17.4. The molecule has 1 amide bonds. The summed E-state index contributed by atoms with van der Waals surface area (Å²) in [6, 6.07) is 9.64. The summed E-state index contributed by atoms with van der Waals surface area (Å²) in [6.07, 6.45) is 7.87. The second-order valence-electron chi connectivity index (χ2n) is 6.25. The number of hydrogen-bond acceptors (Lipinski definition) is 4. The fourth-order valence-electron chi connectivity index (χ4n) is 2.28. The van der Waals surface area contributed by atoms with Gasteiger partial charge in [-0.25, -0.2) is 4.79 Å². The van der Waals surface area contributed by atoms with Crippen molar-refractivity contribution in [3.05, 3.63) is 60.7 Å². The molecule has 1 N–H and O–H groups in total. The Bertz CT molecular complexity index is 640. The van der Waals surface area contributed by atoms with E-state index in [1.165, 1.54) is 0 Å². The van der Waals surface area contributed by atoms with Crippen LogP contribution in [0.5, 0.6) is 0 Å². The van der Waals surface area contributed by atoms with Crippen LogP contribution in [0.1, 0.15) is 38.7 Å². The maximum absolute atomic E-state index is 12.0. The number of carboxylic acids is 1. The highest BCUT2D eigenvalue weighted by Gasteiger charge is 2.09. The molecule has 6 nitrogen and oxygen atoms in total. The molecule has 160 valence electrons. The van der Waals surface area contributed by atoms with Crippen LogP contribution in [0, 0.1) is 0 Å². The third kappa shape index (κ3) is 14.9. The summed E-state index contributed by atoms with van der Waals surface area (Å²) in [4.78, 5) is 35.3. The van der Waals surface area contributed by atoms with Crippen molar-refractivity contribution >= 4 is 17.7 Å². The molecular formula is C23H33NO5. The number of ketones is 1. The van der Waals surface area contributed by atoms with Gasteiger partial charge in [-0.05, 0) is 25.0 Å². The molecule has 0 radical (unpaired) electrons. The van der Waals surface area contributed by atoms with Crippen LogP contribution in [0.25, 0.3) is 0 Å². The van der Waals surface area contributed by atoms with Crippen molar-refractivity contribution in [2.24, 2.45) is 0 Å². The summed E-state index contributed by atoms with van der Waals surface area (Å²) >= 11 is 0. The van der Waals surface area contributed by atoms with Gasteiger partial charge in [-0.15, -0.1) is 6.58 Å². The van der Waals surface area contributed by atoms with Gasteiger partial charge in [0.05, 0.1) is 0 Å². The molecule has 0 bridgehead atoms. The van der Waals surface area contributed by atoms with Crippen molar-refractivity contribution in [1.29, 1.82) is 0 Å². The Kier molecular flexibility index (Phi) is 15.7.